The van der Waals surface area contributed by atoms with Crippen LogP contribution in [-0.2, 0) is 4.74 Å². The van der Waals surface area contributed by atoms with Crippen molar-refractivity contribution in [2.45, 2.75) is 26.7 Å². The molecule has 20 heavy (non-hydrogen) atoms. The van der Waals surface area contributed by atoms with Gasteiger partial charge in [-0.05, 0) is 37.6 Å². The lowest BCUT2D eigenvalue weighted by Gasteiger charge is -2.03. The fourth-order valence-corrected chi connectivity index (χ4v) is 1.50. The van der Waals surface area contributed by atoms with Crippen LogP contribution in [0.4, 0.5) is 0 Å². The second-order valence-corrected chi connectivity index (χ2v) is 4.28. The number of hydrogen-bond donors (Lipinski definition) is 0. The molecule has 0 aliphatic heterocycles. The van der Waals surface area contributed by atoms with Gasteiger partial charge in [0.2, 0.25) is 0 Å². The van der Waals surface area contributed by atoms with Gasteiger partial charge in [0.15, 0.2) is 0 Å². The fourth-order valence-electron chi connectivity index (χ4n) is 1.50. The van der Waals surface area contributed by atoms with E-state index in [-0.39, 0.29) is 0 Å². The van der Waals surface area contributed by atoms with Crippen LogP contribution in [0.1, 0.15) is 26.7 Å². The molecule has 0 saturated carbocycles. The topological polar surface area (TPSA) is 18.5 Å². The summed E-state index contributed by atoms with van der Waals surface area (Å²) in [6.07, 6.45) is 2.44. The number of rotatable bonds is 6. The summed E-state index contributed by atoms with van der Waals surface area (Å²) in [6, 6.07) is 19.5. The van der Waals surface area contributed by atoms with Gasteiger partial charge in [-0.15, -0.1) is 0 Å². The molecule has 2 aromatic rings. The summed E-state index contributed by atoms with van der Waals surface area (Å²) in [7, 11) is 0. The fraction of sp³-hybridized carbons (Fsp3) is 0.333. The Morgan fingerprint density at radius 1 is 0.750 bits per heavy atom. The minimum Gasteiger partial charge on any atom is -0.457 e. The summed E-state index contributed by atoms with van der Waals surface area (Å²) >= 11 is 0. The van der Waals surface area contributed by atoms with E-state index in [1.54, 1.807) is 0 Å². The smallest absolute Gasteiger partial charge is 0.127 e. The molecular weight excluding hydrogens is 248 g/mol. The summed E-state index contributed by atoms with van der Waals surface area (Å²) in [5, 5.41) is 0. The number of unbranched alkanes of at least 4 members (excludes halogenated alkanes) is 1. The third-order valence-electron chi connectivity index (χ3n) is 2.57. The summed E-state index contributed by atoms with van der Waals surface area (Å²) in [5.74, 6) is 1.74. The first kappa shape index (κ1) is 16.3. The van der Waals surface area contributed by atoms with Crippen molar-refractivity contribution in [1.29, 1.82) is 0 Å². The zero-order valence-corrected chi connectivity index (χ0v) is 12.4. The van der Waals surface area contributed by atoms with Crippen molar-refractivity contribution < 1.29 is 9.47 Å². The number of benzene rings is 2. The van der Waals surface area contributed by atoms with Crippen molar-refractivity contribution in [3.05, 3.63) is 60.7 Å². The average Bonchev–Trinajstić information content (AvgIpc) is 2.51. The van der Waals surface area contributed by atoms with Crippen LogP contribution < -0.4 is 4.74 Å². The maximum Gasteiger partial charge on any atom is 0.127 e. The van der Waals surface area contributed by atoms with Gasteiger partial charge in [0.05, 0.1) is 0 Å². The molecule has 0 saturated heterocycles. The van der Waals surface area contributed by atoms with E-state index in [2.05, 4.69) is 6.92 Å². The number of para-hydroxylation sites is 2. The Morgan fingerprint density at radius 3 is 1.65 bits per heavy atom. The van der Waals surface area contributed by atoms with Crippen LogP contribution in [0.2, 0.25) is 0 Å². The van der Waals surface area contributed by atoms with Crippen molar-refractivity contribution in [2.75, 3.05) is 13.2 Å². The van der Waals surface area contributed by atoms with Crippen molar-refractivity contribution in [1.82, 2.24) is 0 Å². The van der Waals surface area contributed by atoms with E-state index >= 15 is 0 Å². The minimum absolute atomic E-state index is 0.861. The van der Waals surface area contributed by atoms with Gasteiger partial charge in [-0.2, -0.15) is 0 Å². The number of ether oxygens (including phenoxy) is 2. The third kappa shape index (κ3) is 7.59. The van der Waals surface area contributed by atoms with E-state index in [0.717, 1.165) is 24.7 Å². The standard InChI is InChI=1S/C12H10O.C6H14O/c1-3-7-11(8-4-1)13-12-9-5-2-6-10-12;1-3-5-6-7-4-2/h1-10H;3-6H2,1-2H3. The monoisotopic (exact) mass is 272 g/mol. The van der Waals surface area contributed by atoms with Crippen LogP contribution >= 0.6 is 0 Å². The van der Waals surface area contributed by atoms with Crippen LogP contribution in [0.5, 0.6) is 11.5 Å². The van der Waals surface area contributed by atoms with Crippen LogP contribution in [-0.4, -0.2) is 13.2 Å². The first-order chi connectivity index (χ1) is 9.86. The van der Waals surface area contributed by atoms with E-state index in [4.69, 9.17) is 9.47 Å². The molecule has 2 heteroatoms. The maximum atomic E-state index is 5.58. The van der Waals surface area contributed by atoms with Gasteiger partial charge in [-0.1, -0.05) is 49.7 Å². The van der Waals surface area contributed by atoms with Gasteiger partial charge in [0.1, 0.15) is 11.5 Å². The van der Waals surface area contributed by atoms with Crippen molar-refractivity contribution in [3.63, 3.8) is 0 Å². The molecule has 0 spiro atoms. The normalized spacial score (nSPS) is 9.50. The van der Waals surface area contributed by atoms with Crippen molar-refractivity contribution in [3.8, 4) is 11.5 Å². The van der Waals surface area contributed by atoms with Crippen LogP contribution in [0.25, 0.3) is 0 Å². The van der Waals surface area contributed by atoms with E-state index in [1.165, 1.54) is 12.8 Å². The first-order valence-electron chi connectivity index (χ1n) is 7.22. The summed E-state index contributed by atoms with van der Waals surface area (Å²) in [4.78, 5) is 0. The maximum absolute atomic E-state index is 5.58. The molecule has 0 bridgehead atoms. The summed E-state index contributed by atoms with van der Waals surface area (Å²) < 4.78 is 10.7. The molecule has 2 aromatic carbocycles. The third-order valence-corrected chi connectivity index (χ3v) is 2.57. The lowest BCUT2D eigenvalue weighted by Crippen LogP contribution is -1.90. The molecule has 0 unspecified atom stereocenters. The Bertz CT molecular complexity index is 384. The van der Waals surface area contributed by atoms with Gasteiger partial charge in [-0.3, -0.25) is 0 Å². The first-order valence-corrected chi connectivity index (χ1v) is 7.22. The second kappa shape index (κ2) is 11.1. The summed E-state index contributed by atoms with van der Waals surface area (Å²) in [5.41, 5.74) is 0. The Morgan fingerprint density at radius 2 is 1.25 bits per heavy atom. The quantitative estimate of drug-likeness (QED) is 0.664. The largest absolute Gasteiger partial charge is 0.457 e. The van der Waals surface area contributed by atoms with E-state index < -0.39 is 0 Å². The van der Waals surface area contributed by atoms with Gasteiger partial charge in [-0.25, -0.2) is 0 Å². The molecule has 0 atom stereocenters. The zero-order chi connectivity index (χ0) is 14.5. The molecule has 0 amide bonds. The Hall–Kier alpha value is -1.80. The highest BCUT2D eigenvalue weighted by Crippen LogP contribution is 2.19. The van der Waals surface area contributed by atoms with Gasteiger partial charge in [0.25, 0.3) is 0 Å². The molecule has 2 rings (SSSR count). The number of hydrogen-bond acceptors (Lipinski definition) is 2. The van der Waals surface area contributed by atoms with Crippen LogP contribution in [0.3, 0.4) is 0 Å². The van der Waals surface area contributed by atoms with Gasteiger partial charge in [0, 0.05) is 13.2 Å². The highest BCUT2D eigenvalue weighted by atomic mass is 16.5. The molecule has 0 aliphatic rings. The highest BCUT2D eigenvalue weighted by Gasteiger charge is 1.92. The van der Waals surface area contributed by atoms with E-state index in [0.29, 0.717) is 0 Å². The molecule has 0 aliphatic carbocycles. The zero-order valence-electron chi connectivity index (χ0n) is 12.4. The minimum atomic E-state index is 0.861. The lowest BCUT2D eigenvalue weighted by molar-refractivity contribution is 0.144. The second-order valence-electron chi connectivity index (χ2n) is 4.28. The Kier molecular flexibility index (Phi) is 8.99. The van der Waals surface area contributed by atoms with E-state index in [9.17, 15) is 0 Å². The molecule has 0 aromatic heterocycles. The van der Waals surface area contributed by atoms with Crippen LogP contribution in [0, 0.1) is 0 Å². The van der Waals surface area contributed by atoms with Gasteiger partial charge < -0.3 is 9.47 Å². The molecule has 0 heterocycles. The molecule has 2 nitrogen and oxygen atoms in total. The highest BCUT2D eigenvalue weighted by molar-refractivity contribution is 5.30. The van der Waals surface area contributed by atoms with Crippen molar-refractivity contribution in [2.24, 2.45) is 0 Å². The van der Waals surface area contributed by atoms with Crippen molar-refractivity contribution >= 4 is 0 Å². The SMILES string of the molecule is CCCCOCC.c1ccc(Oc2ccccc2)cc1. The molecule has 0 radical (unpaired) electrons. The molecule has 108 valence electrons. The summed E-state index contributed by atoms with van der Waals surface area (Å²) in [6.45, 7) is 5.99. The molecule has 0 N–H and O–H groups in total. The average molecular weight is 272 g/mol. The lowest BCUT2D eigenvalue weighted by atomic mass is 10.3. The molecular formula is C18H24O2. The van der Waals surface area contributed by atoms with Gasteiger partial charge >= 0.3 is 0 Å². The van der Waals surface area contributed by atoms with E-state index in [1.807, 2.05) is 67.6 Å². The predicted octanol–water partition coefficient (Wildman–Crippen LogP) is 5.30. The van der Waals surface area contributed by atoms with Crippen LogP contribution in [0.15, 0.2) is 60.7 Å². The Labute approximate surface area is 122 Å². The molecule has 0 fully saturated rings. The Balaban J connectivity index is 0.000000246. The predicted molar refractivity (Wildman–Crippen MR) is 84.4 cm³/mol.